The van der Waals surface area contributed by atoms with Gasteiger partial charge in [-0.2, -0.15) is 5.26 Å². The molecule has 1 saturated heterocycles. The van der Waals surface area contributed by atoms with Crippen LogP contribution in [-0.2, 0) is 0 Å². The third-order valence-corrected chi connectivity index (χ3v) is 3.67. The fraction of sp³-hybridized carbons (Fsp3) is 0.438. The Bertz CT molecular complexity index is 712. The fourth-order valence-corrected chi connectivity index (χ4v) is 2.65. The van der Waals surface area contributed by atoms with E-state index in [1.165, 1.54) is 0 Å². The number of fused-ring (bicyclic) bond motifs is 1. The van der Waals surface area contributed by atoms with Gasteiger partial charge in [0.25, 0.3) is 0 Å². The summed E-state index contributed by atoms with van der Waals surface area (Å²) in [6, 6.07) is 6.54. The zero-order chi connectivity index (χ0) is 15.5. The van der Waals surface area contributed by atoms with Crippen molar-refractivity contribution in [2.75, 3.05) is 23.7 Å². The summed E-state index contributed by atoms with van der Waals surface area (Å²) in [5.41, 5.74) is 0.401. The SMILES string of the molecule is CC(C)Nc1nc(C#N)cc2cnc(NC3CCNC3)cc12. The number of rotatable bonds is 4. The largest absolute Gasteiger partial charge is 0.367 e. The van der Waals surface area contributed by atoms with Crippen LogP contribution in [0.3, 0.4) is 0 Å². The minimum atomic E-state index is 0.244. The molecule has 0 bridgehead atoms. The van der Waals surface area contributed by atoms with Gasteiger partial charge in [0, 0.05) is 35.6 Å². The maximum Gasteiger partial charge on any atom is 0.143 e. The van der Waals surface area contributed by atoms with Gasteiger partial charge in [0.2, 0.25) is 0 Å². The second-order valence-corrected chi connectivity index (χ2v) is 5.89. The van der Waals surface area contributed by atoms with Gasteiger partial charge in [-0.3, -0.25) is 0 Å². The first kappa shape index (κ1) is 14.5. The normalized spacial score (nSPS) is 17.6. The van der Waals surface area contributed by atoms with Crippen LogP contribution in [-0.4, -0.2) is 35.1 Å². The molecule has 0 amide bonds. The van der Waals surface area contributed by atoms with Gasteiger partial charge in [0.15, 0.2) is 0 Å². The zero-order valence-corrected chi connectivity index (χ0v) is 12.8. The molecule has 6 nitrogen and oxygen atoms in total. The lowest BCUT2D eigenvalue weighted by molar-refractivity contribution is 0.788. The van der Waals surface area contributed by atoms with E-state index >= 15 is 0 Å². The summed E-state index contributed by atoms with van der Waals surface area (Å²) in [6.07, 6.45) is 2.90. The minimum absolute atomic E-state index is 0.244. The molecular formula is C16H20N6. The zero-order valence-electron chi connectivity index (χ0n) is 12.8. The first-order valence-electron chi connectivity index (χ1n) is 7.60. The molecule has 2 aromatic heterocycles. The lowest BCUT2D eigenvalue weighted by atomic mass is 10.1. The van der Waals surface area contributed by atoms with E-state index in [2.05, 4.69) is 45.8 Å². The van der Waals surface area contributed by atoms with Gasteiger partial charge >= 0.3 is 0 Å². The molecule has 0 spiro atoms. The average Bonchev–Trinajstić information content (AvgIpc) is 3.00. The lowest BCUT2D eigenvalue weighted by Gasteiger charge is -2.15. The molecule has 22 heavy (non-hydrogen) atoms. The van der Waals surface area contributed by atoms with Crippen molar-refractivity contribution in [3.05, 3.63) is 24.0 Å². The molecule has 6 heteroatoms. The molecule has 0 saturated carbocycles. The van der Waals surface area contributed by atoms with Gasteiger partial charge in [-0.05, 0) is 38.9 Å². The smallest absolute Gasteiger partial charge is 0.143 e. The molecule has 1 unspecified atom stereocenters. The van der Waals surface area contributed by atoms with E-state index in [0.29, 0.717) is 11.7 Å². The van der Waals surface area contributed by atoms with Crippen molar-refractivity contribution in [1.29, 1.82) is 5.26 Å². The molecule has 0 aliphatic carbocycles. The third kappa shape index (κ3) is 3.10. The third-order valence-electron chi connectivity index (χ3n) is 3.67. The van der Waals surface area contributed by atoms with Crippen LogP contribution in [0.25, 0.3) is 10.8 Å². The van der Waals surface area contributed by atoms with Crippen molar-refractivity contribution >= 4 is 22.4 Å². The first-order valence-corrected chi connectivity index (χ1v) is 7.60. The van der Waals surface area contributed by atoms with Crippen molar-refractivity contribution in [2.24, 2.45) is 0 Å². The quantitative estimate of drug-likeness (QED) is 0.801. The van der Waals surface area contributed by atoms with Gasteiger partial charge in [-0.15, -0.1) is 0 Å². The molecular weight excluding hydrogens is 276 g/mol. The molecule has 1 fully saturated rings. The van der Waals surface area contributed by atoms with E-state index in [1.807, 2.05) is 6.07 Å². The Kier molecular flexibility index (Phi) is 4.07. The average molecular weight is 296 g/mol. The molecule has 3 rings (SSSR count). The first-order chi connectivity index (χ1) is 10.7. The predicted molar refractivity (Wildman–Crippen MR) is 87.9 cm³/mol. The summed E-state index contributed by atoms with van der Waals surface area (Å²) < 4.78 is 0. The van der Waals surface area contributed by atoms with E-state index in [0.717, 1.165) is 41.9 Å². The molecule has 114 valence electrons. The molecule has 1 atom stereocenters. The maximum atomic E-state index is 9.12. The van der Waals surface area contributed by atoms with Crippen molar-refractivity contribution in [1.82, 2.24) is 15.3 Å². The molecule has 3 N–H and O–H groups in total. The van der Waals surface area contributed by atoms with Gasteiger partial charge < -0.3 is 16.0 Å². The Morgan fingerprint density at radius 1 is 1.41 bits per heavy atom. The van der Waals surface area contributed by atoms with E-state index < -0.39 is 0 Å². The number of hydrogen-bond donors (Lipinski definition) is 3. The molecule has 1 aliphatic heterocycles. The monoisotopic (exact) mass is 296 g/mol. The highest BCUT2D eigenvalue weighted by atomic mass is 15.1. The Hall–Kier alpha value is -2.39. The number of nitrogens with zero attached hydrogens (tertiary/aromatic N) is 3. The topological polar surface area (TPSA) is 85.7 Å². The van der Waals surface area contributed by atoms with Gasteiger partial charge in [0.05, 0.1) is 0 Å². The molecule has 1 aliphatic rings. The Labute approximate surface area is 130 Å². The summed E-state index contributed by atoms with van der Waals surface area (Å²) in [5, 5.41) is 21.1. The summed E-state index contributed by atoms with van der Waals surface area (Å²) in [4.78, 5) is 8.85. The van der Waals surface area contributed by atoms with E-state index in [-0.39, 0.29) is 6.04 Å². The molecule has 0 radical (unpaired) electrons. The lowest BCUT2D eigenvalue weighted by Crippen LogP contribution is -2.22. The van der Waals surface area contributed by atoms with Crippen LogP contribution in [0.4, 0.5) is 11.6 Å². The second kappa shape index (κ2) is 6.16. The molecule has 0 aromatic carbocycles. The summed E-state index contributed by atoms with van der Waals surface area (Å²) in [7, 11) is 0. The Morgan fingerprint density at radius 3 is 2.95 bits per heavy atom. The Balaban J connectivity index is 1.99. The van der Waals surface area contributed by atoms with Crippen LogP contribution < -0.4 is 16.0 Å². The van der Waals surface area contributed by atoms with Crippen LogP contribution in [0.5, 0.6) is 0 Å². The van der Waals surface area contributed by atoms with Gasteiger partial charge in [-0.25, -0.2) is 9.97 Å². The van der Waals surface area contributed by atoms with Crippen LogP contribution in [0.1, 0.15) is 26.0 Å². The summed E-state index contributed by atoms with van der Waals surface area (Å²) in [6.45, 7) is 6.11. The van der Waals surface area contributed by atoms with Gasteiger partial charge in [0.1, 0.15) is 23.4 Å². The Morgan fingerprint density at radius 2 is 2.27 bits per heavy atom. The van der Waals surface area contributed by atoms with Crippen molar-refractivity contribution in [3.8, 4) is 6.07 Å². The summed E-state index contributed by atoms with van der Waals surface area (Å²) in [5.74, 6) is 1.58. The standard InChI is InChI=1S/C16H20N6/c1-10(2)20-16-14-6-15(21-12-3-4-18-9-12)19-8-11(14)5-13(7-17)22-16/h5-6,8,10,12,18H,3-4,9H2,1-2H3,(H,19,21)(H,20,22). The maximum absolute atomic E-state index is 9.12. The van der Waals surface area contributed by atoms with Crippen molar-refractivity contribution in [2.45, 2.75) is 32.4 Å². The van der Waals surface area contributed by atoms with Crippen LogP contribution in [0.2, 0.25) is 0 Å². The highest BCUT2D eigenvalue weighted by molar-refractivity contribution is 5.93. The van der Waals surface area contributed by atoms with Gasteiger partial charge in [-0.1, -0.05) is 0 Å². The number of nitriles is 1. The number of aromatic nitrogens is 2. The highest BCUT2D eigenvalue weighted by Crippen LogP contribution is 2.25. The van der Waals surface area contributed by atoms with Crippen molar-refractivity contribution < 1.29 is 0 Å². The second-order valence-electron chi connectivity index (χ2n) is 5.89. The van der Waals surface area contributed by atoms with E-state index in [4.69, 9.17) is 5.26 Å². The molecule has 2 aromatic rings. The number of pyridine rings is 2. The number of anilines is 2. The summed E-state index contributed by atoms with van der Waals surface area (Å²) >= 11 is 0. The van der Waals surface area contributed by atoms with E-state index in [1.54, 1.807) is 12.3 Å². The highest BCUT2D eigenvalue weighted by Gasteiger charge is 2.15. The van der Waals surface area contributed by atoms with Crippen LogP contribution in [0.15, 0.2) is 18.3 Å². The predicted octanol–water partition coefficient (Wildman–Crippen LogP) is 2.10. The number of hydrogen-bond acceptors (Lipinski definition) is 6. The molecule has 3 heterocycles. The van der Waals surface area contributed by atoms with Crippen molar-refractivity contribution in [3.63, 3.8) is 0 Å². The van der Waals surface area contributed by atoms with Crippen LogP contribution >= 0.6 is 0 Å². The minimum Gasteiger partial charge on any atom is -0.367 e. The fourth-order valence-electron chi connectivity index (χ4n) is 2.65. The van der Waals surface area contributed by atoms with Crippen LogP contribution in [0, 0.1) is 11.3 Å². The number of nitrogens with one attached hydrogen (secondary N) is 3. The van der Waals surface area contributed by atoms with E-state index in [9.17, 15) is 0 Å².